The molecule has 1 aromatic rings. The predicted octanol–water partition coefficient (Wildman–Crippen LogP) is 2.46. The van der Waals surface area contributed by atoms with Gasteiger partial charge in [0.15, 0.2) is 0 Å². The number of carbonyl (C=O) groups is 1. The van der Waals surface area contributed by atoms with Crippen LogP contribution in [0.5, 0.6) is 0 Å². The first-order chi connectivity index (χ1) is 9.25. The van der Waals surface area contributed by atoms with Gasteiger partial charge in [0.1, 0.15) is 6.04 Å². The summed E-state index contributed by atoms with van der Waals surface area (Å²) in [5, 5.41) is 6.29. The number of hydrogen-bond acceptors (Lipinski definition) is 3. The van der Waals surface area contributed by atoms with Crippen molar-refractivity contribution in [2.45, 2.75) is 18.9 Å². The molecule has 0 aliphatic carbocycles. The fourth-order valence-electron chi connectivity index (χ4n) is 2.72. The highest BCUT2D eigenvalue weighted by molar-refractivity contribution is 9.10. The summed E-state index contributed by atoms with van der Waals surface area (Å²) in [5.41, 5.74) is 1.92. The maximum Gasteiger partial charge on any atom is 0.246 e. The number of fused-ring (bicyclic) bond motifs is 1. The van der Waals surface area contributed by atoms with E-state index in [1.54, 1.807) is 0 Å². The number of nitrogens with one attached hydrogen (secondary N) is 2. The van der Waals surface area contributed by atoms with E-state index in [0.29, 0.717) is 5.92 Å². The van der Waals surface area contributed by atoms with Gasteiger partial charge in [-0.25, -0.2) is 0 Å². The highest BCUT2D eigenvalue weighted by atomic mass is 79.9. The van der Waals surface area contributed by atoms with Crippen LogP contribution in [-0.4, -0.2) is 25.7 Å². The lowest BCUT2D eigenvalue weighted by Crippen LogP contribution is -2.34. The summed E-state index contributed by atoms with van der Waals surface area (Å²) in [6.45, 7) is 2.48. The van der Waals surface area contributed by atoms with E-state index in [-0.39, 0.29) is 11.9 Å². The first kappa shape index (κ1) is 13.1. The summed E-state index contributed by atoms with van der Waals surface area (Å²) in [6.07, 6.45) is 2.29. The van der Waals surface area contributed by atoms with Gasteiger partial charge in [-0.15, -0.1) is 0 Å². The van der Waals surface area contributed by atoms with Crippen molar-refractivity contribution in [2.75, 3.05) is 25.1 Å². The van der Waals surface area contributed by atoms with Crippen molar-refractivity contribution < 1.29 is 9.53 Å². The maximum atomic E-state index is 12.0. The Labute approximate surface area is 121 Å². The van der Waals surface area contributed by atoms with Crippen molar-refractivity contribution in [2.24, 2.45) is 5.92 Å². The molecule has 3 rings (SSSR count). The molecule has 2 aliphatic heterocycles. The van der Waals surface area contributed by atoms with Crippen LogP contribution in [0.15, 0.2) is 22.7 Å². The largest absolute Gasteiger partial charge is 0.381 e. The summed E-state index contributed by atoms with van der Waals surface area (Å²) in [4.78, 5) is 12.0. The van der Waals surface area contributed by atoms with Crippen molar-refractivity contribution in [3.8, 4) is 0 Å². The van der Waals surface area contributed by atoms with Crippen molar-refractivity contribution in [1.29, 1.82) is 0 Å². The van der Waals surface area contributed by atoms with E-state index in [2.05, 4.69) is 26.6 Å². The van der Waals surface area contributed by atoms with Crippen LogP contribution in [0.3, 0.4) is 0 Å². The maximum absolute atomic E-state index is 12.0. The van der Waals surface area contributed by atoms with Crippen molar-refractivity contribution >= 4 is 27.5 Å². The van der Waals surface area contributed by atoms with E-state index < -0.39 is 0 Å². The molecule has 0 spiro atoms. The molecule has 0 radical (unpaired) electrons. The SMILES string of the molecule is O=C1Nc2cccc(Br)c2C1NCC1CCCOC1. The zero-order valence-electron chi connectivity index (χ0n) is 10.6. The number of anilines is 1. The lowest BCUT2D eigenvalue weighted by Gasteiger charge is -2.24. The van der Waals surface area contributed by atoms with Crippen LogP contribution in [0.4, 0.5) is 5.69 Å². The van der Waals surface area contributed by atoms with Crippen molar-refractivity contribution in [3.63, 3.8) is 0 Å². The Morgan fingerprint density at radius 3 is 3.16 bits per heavy atom. The van der Waals surface area contributed by atoms with E-state index >= 15 is 0 Å². The predicted molar refractivity (Wildman–Crippen MR) is 77.1 cm³/mol. The molecule has 1 fully saturated rings. The Balaban J connectivity index is 1.70. The minimum absolute atomic E-state index is 0.0265. The number of hydrogen-bond donors (Lipinski definition) is 2. The number of amides is 1. The molecule has 4 nitrogen and oxygen atoms in total. The molecular weight excluding hydrogens is 308 g/mol. The molecule has 2 unspecified atom stereocenters. The summed E-state index contributed by atoms with van der Waals surface area (Å²) in [7, 11) is 0. The Morgan fingerprint density at radius 2 is 2.37 bits per heavy atom. The zero-order valence-corrected chi connectivity index (χ0v) is 12.2. The van der Waals surface area contributed by atoms with Gasteiger partial charge in [0.05, 0.1) is 6.61 Å². The van der Waals surface area contributed by atoms with Crippen molar-refractivity contribution in [3.05, 3.63) is 28.2 Å². The molecular formula is C14H17BrN2O2. The number of benzene rings is 1. The van der Waals surface area contributed by atoms with E-state index in [1.165, 1.54) is 6.42 Å². The van der Waals surface area contributed by atoms with Crippen LogP contribution in [0.2, 0.25) is 0 Å². The second-order valence-electron chi connectivity index (χ2n) is 5.11. The number of ether oxygens (including phenoxy) is 1. The molecule has 5 heteroatoms. The molecule has 0 saturated carbocycles. The molecule has 0 bridgehead atoms. The zero-order chi connectivity index (χ0) is 13.2. The van der Waals surface area contributed by atoms with E-state index in [4.69, 9.17) is 4.74 Å². The molecule has 1 amide bonds. The average Bonchev–Trinajstić information content (AvgIpc) is 2.75. The summed E-state index contributed by atoms with van der Waals surface area (Å²) in [6, 6.07) is 5.58. The third kappa shape index (κ3) is 2.68. The Morgan fingerprint density at radius 1 is 1.47 bits per heavy atom. The quantitative estimate of drug-likeness (QED) is 0.898. The topological polar surface area (TPSA) is 50.4 Å². The second kappa shape index (κ2) is 5.61. The monoisotopic (exact) mass is 324 g/mol. The lowest BCUT2D eigenvalue weighted by atomic mass is 10.0. The van der Waals surface area contributed by atoms with Crippen LogP contribution in [0, 0.1) is 5.92 Å². The molecule has 2 aliphatic rings. The van der Waals surface area contributed by atoms with Gasteiger partial charge in [-0.3, -0.25) is 4.79 Å². The summed E-state index contributed by atoms with van der Waals surface area (Å²) in [5.74, 6) is 0.534. The number of carbonyl (C=O) groups excluding carboxylic acids is 1. The fourth-order valence-corrected chi connectivity index (χ4v) is 3.32. The molecule has 2 heterocycles. The molecule has 102 valence electrons. The van der Waals surface area contributed by atoms with E-state index in [9.17, 15) is 4.79 Å². The van der Waals surface area contributed by atoms with Crippen LogP contribution in [0.25, 0.3) is 0 Å². The van der Waals surface area contributed by atoms with E-state index in [1.807, 2.05) is 18.2 Å². The van der Waals surface area contributed by atoms with Gasteiger partial charge in [-0.2, -0.15) is 0 Å². The third-order valence-corrected chi connectivity index (χ3v) is 4.42. The normalized spacial score (nSPS) is 26.1. The standard InChI is InChI=1S/C14H17BrN2O2/c15-10-4-1-5-11-12(10)13(14(18)17-11)16-7-9-3-2-6-19-8-9/h1,4-5,9,13,16H,2-3,6-8H2,(H,17,18). The molecule has 2 N–H and O–H groups in total. The van der Waals surface area contributed by atoms with Gasteiger partial charge < -0.3 is 15.4 Å². The lowest BCUT2D eigenvalue weighted by molar-refractivity contribution is -0.117. The Hall–Kier alpha value is -0.910. The Kier molecular flexibility index (Phi) is 3.86. The minimum atomic E-state index is -0.257. The molecule has 0 aromatic heterocycles. The number of halogens is 1. The molecule has 2 atom stereocenters. The van der Waals surface area contributed by atoms with Crippen LogP contribution >= 0.6 is 15.9 Å². The van der Waals surface area contributed by atoms with E-state index in [0.717, 1.165) is 41.9 Å². The first-order valence-corrected chi connectivity index (χ1v) is 7.45. The van der Waals surface area contributed by atoms with Crippen LogP contribution in [-0.2, 0) is 9.53 Å². The highest BCUT2D eigenvalue weighted by Crippen LogP contribution is 2.36. The highest BCUT2D eigenvalue weighted by Gasteiger charge is 2.32. The second-order valence-corrected chi connectivity index (χ2v) is 5.97. The first-order valence-electron chi connectivity index (χ1n) is 6.66. The number of rotatable bonds is 3. The van der Waals surface area contributed by atoms with Gasteiger partial charge in [0.2, 0.25) is 5.91 Å². The molecule has 1 saturated heterocycles. The molecule has 1 aromatic carbocycles. The smallest absolute Gasteiger partial charge is 0.246 e. The van der Waals surface area contributed by atoms with Gasteiger partial charge >= 0.3 is 0 Å². The van der Waals surface area contributed by atoms with Gasteiger partial charge in [0.25, 0.3) is 0 Å². The average molecular weight is 325 g/mol. The van der Waals surface area contributed by atoms with Gasteiger partial charge in [-0.05, 0) is 30.9 Å². The van der Waals surface area contributed by atoms with Crippen LogP contribution in [0.1, 0.15) is 24.4 Å². The third-order valence-electron chi connectivity index (χ3n) is 3.73. The van der Waals surface area contributed by atoms with Gasteiger partial charge in [-0.1, -0.05) is 22.0 Å². The van der Waals surface area contributed by atoms with Crippen LogP contribution < -0.4 is 10.6 Å². The fraction of sp³-hybridized carbons (Fsp3) is 0.500. The summed E-state index contributed by atoms with van der Waals surface area (Å²) >= 11 is 3.52. The Bertz CT molecular complexity index is 486. The van der Waals surface area contributed by atoms with Crippen molar-refractivity contribution in [1.82, 2.24) is 5.32 Å². The summed E-state index contributed by atoms with van der Waals surface area (Å²) < 4.78 is 6.44. The molecule has 19 heavy (non-hydrogen) atoms. The minimum Gasteiger partial charge on any atom is -0.381 e. The van der Waals surface area contributed by atoms with Gasteiger partial charge in [0, 0.05) is 28.9 Å².